The van der Waals surface area contributed by atoms with E-state index in [4.69, 9.17) is 14.2 Å². The summed E-state index contributed by atoms with van der Waals surface area (Å²) in [5, 5.41) is 2.63. The van der Waals surface area contributed by atoms with E-state index in [1.54, 1.807) is 0 Å². The molecule has 0 aromatic rings. The van der Waals surface area contributed by atoms with Crippen LogP contribution in [0.2, 0.25) is 0 Å². The molecule has 19 heavy (non-hydrogen) atoms. The summed E-state index contributed by atoms with van der Waals surface area (Å²) in [4.78, 5) is 33.0. The lowest BCUT2D eigenvalue weighted by molar-refractivity contribution is -0.154. The largest absolute Gasteiger partial charge is 0.492 e. The number of amides is 1. The van der Waals surface area contributed by atoms with Gasteiger partial charge in [0.25, 0.3) is 0 Å². The molecule has 0 fully saturated rings. The van der Waals surface area contributed by atoms with Crippen molar-refractivity contribution in [3.8, 4) is 0 Å². The van der Waals surface area contributed by atoms with Crippen LogP contribution in [0.1, 0.15) is 20.8 Å². The Kier molecular flexibility index (Phi) is 5.35. The second-order valence-electron chi connectivity index (χ2n) is 4.11. The third-order valence-electron chi connectivity index (χ3n) is 2.40. The molecule has 106 valence electrons. The SMILES string of the molecule is CC(=O)NC1C(OC(C)=O)C=COC1COC(C)=O. The van der Waals surface area contributed by atoms with Crippen molar-refractivity contribution in [3.63, 3.8) is 0 Å². The molecule has 7 nitrogen and oxygen atoms in total. The maximum absolute atomic E-state index is 11.2. The van der Waals surface area contributed by atoms with Crippen LogP contribution in [0.25, 0.3) is 0 Å². The normalized spacial score (nSPS) is 25.1. The van der Waals surface area contributed by atoms with E-state index in [-0.39, 0.29) is 12.5 Å². The highest BCUT2D eigenvalue weighted by Gasteiger charge is 2.35. The van der Waals surface area contributed by atoms with Crippen molar-refractivity contribution in [1.29, 1.82) is 0 Å². The summed E-state index contributed by atoms with van der Waals surface area (Å²) < 4.78 is 15.2. The molecule has 0 radical (unpaired) electrons. The van der Waals surface area contributed by atoms with Crippen LogP contribution >= 0.6 is 0 Å². The van der Waals surface area contributed by atoms with Gasteiger partial charge in [0.15, 0.2) is 6.10 Å². The van der Waals surface area contributed by atoms with Crippen LogP contribution in [-0.2, 0) is 28.6 Å². The van der Waals surface area contributed by atoms with Gasteiger partial charge < -0.3 is 19.5 Å². The highest BCUT2D eigenvalue weighted by Crippen LogP contribution is 2.16. The van der Waals surface area contributed by atoms with Gasteiger partial charge >= 0.3 is 11.9 Å². The van der Waals surface area contributed by atoms with Crippen molar-refractivity contribution in [2.45, 2.75) is 39.0 Å². The molecule has 3 unspecified atom stereocenters. The molecule has 0 aromatic heterocycles. The Bertz CT molecular complexity index is 392. The van der Waals surface area contributed by atoms with Crippen LogP contribution in [0.3, 0.4) is 0 Å². The van der Waals surface area contributed by atoms with Crippen molar-refractivity contribution < 1.29 is 28.6 Å². The number of esters is 2. The van der Waals surface area contributed by atoms with E-state index in [0.717, 1.165) is 0 Å². The maximum Gasteiger partial charge on any atom is 0.303 e. The number of ether oxygens (including phenoxy) is 3. The van der Waals surface area contributed by atoms with Crippen LogP contribution < -0.4 is 5.32 Å². The molecule has 3 atom stereocenters. The fourth-order valence-electron chi connectivity index (χ4n) is 1.70. The highest BCUT2D eigenvalue weighted by atomic mass is 16.6. The van der Waals surface area contributed by atoms with Crippen molar-refractivity contribution in [1.82, 2.24) is 5.32 Å². The predicted molar refractivity (Wildman–Crippen MR) is 63.8 cm³/mol. The fraction of sp³-hybridized carbons (Fsp3) is 0.583. The molecule has 0 saturated carbocycles. The van der Waals surface area contributed by atoms with Crippen molar-refractivity contribution >= 4 is 17.8 Å². The van der Waals surface area contributed by atoms with Gasteiger partial charge in [0.05, 0.1) is 6.26 Å². The van der Waals surface area contributed by atoms with Crippen LogP contribution in [0.15, 0.2) is 12.3 Å². The number of hydrogen-bond donors (Lipinski definition) is 1. The minimum Gasteiger partial charge on any atom is -0.492 e. The smallest absolute Gasteiger partial charge is 0.303 e. The quantitative estimate of drug-likeness (QED) is 0.718. The van der Waals surface area contributed by atoms with Gasteiger partial charge in [0, 0.05) is 20.8 Å². The molecule has 0 saturated heterocycles. The summed E-state index contributed by atoms with van der Waals surface area (Å²) in [5.74, 6) is -1.23. The van der Waals surface area contributed by atoms with Gasteiger partial charge in [-0.2, -0.15) is 0 Å². The van der Waals surface area contributed by atoms with E-state index in [1.165, 1.54) is 33.1 Å². The Labute approximate surface area is 110 Å². The van der Waals surface area contributed by atoms with Crippen molar-refractivity contribution in [2.24, 2.45) is 0 Å². The van der Waals surface area contributed by atoms with Crippen LogP contribution in [0.4, 0.5) is 0 Å². The summed E-state index contributed by atoms with van der Waals surface area (Å²) in [7, 11) is 0. The van der Waals surface area contributed by atoms with Crippen LogP contribution in [0.5, 0.6) is 0 Å². The molecule has 1 rings (SSSR count). The molecular weight excluding hydrogens is 254 g/mol. The van der Waals surface area contributed by atoms with E-state index in [9.17, 15) is 14.4 Å². The van der Waals surface area contributed by atoms with Crippen molar-refractivity contribution in [3.05, 3.63) is 12.3 Å². The molecule has 1 heterocycles. The summed E-state index contributed by atoms with van der Waals surface area (Å²) in [6.45, 7) is 3.85. The molecule has 0 aliphatic carbocycles. The zero-order valence-electron chi connectivity index (χ0n) is 11.0. The van der Waals surface area contributed by atoms with Crippen molar-refractivity contribution in [2.75, 3.05) is 6.61 Å². The summed E-state index contributed by atoms with van der Waals surface area (Å²) >= 11 is 0. The van der Waals surface area contributed by atoms with Gasteiger partial charge in [-0.25, -0.2) is 0 Å². The minimum atomic E-state index is -0.657. The van der Waals surface area contributed by atoms with E-state index < -0.39 is 30.2 Å². The Morgan fingerprint density at radius 3 is 2.42 bits per heavy atom. The zero-order chi connectivity index (χ0) is 14.4. The lowest BCUT2D eigenvalue weighted by Crippen LogP contribution is -2.54. The third kappa shape index (κ3) is 4.99. The number of nitrogens with one attached hydrogen (secondary N) is 1. The van der Waals surface area contributed by atoms with Gasteiger partial charge in [0.2, 0.25) is 5.91 Å². The molecule has 1 aliphatic rings. The number of rotatable bonds is 4. The Morgan fingerprint density at radius 2 is 1.89 bits per heavy atom. The molecule has 1 amide bonds. The predicted octanol–water partition coefficient (Wildman–Crippen LogP) is -0.102. The first-order valence-electron chi connectivity index (χ1n) is 5.80. The number of carbonyl (C=O) groups is 3. The second-order valence-corrected chi connectivity index (χ2v) is 4.11. The first-order valence-corrected chi connectivity index (χ1v) is 5.80. The second kappa shape index (κ2) is 6.77. The topological polar surface area (TPSA) is 90.9 Å². The maximum atomic E-state index is 11.2. The number of carbonyl (C=O) groups excluding carboxylic acids is 3. The Balaban J connectivity index is 2.77. The van der Waals surface area contributed by atoms with Gasteiger partial charge in [-0.3, -0.25) is 14.4 Å². The monoisotopic (exact) mass is 271 g/mol. The molecule has 0 bridgehead atoms. The summed E-state index contributed by atoms with van der Waals surface area (Å²) in [5.41, 5.74) is 0. The lowest BCUT2D eigenvalue weighted by Gasteiger charge is -2.34. The highest BCUT2D eigenvalue weighted by molar-refractivity contribution is 5.73. The van der Waals surface area contributed by atoms with Crippen LogP contribution in [0, 0.1) is 0 Å². The first kappa shape index (κ1) is 15.0. The third-order valence-corrected chi connectivity index (χ3v) is 2.40. The molecule has 0 spiro atoms. The summed E-state index contributed by atoms with van der Waals surface area (Å²) in [6, 6.07) is -0.606. The van der Waals surface area contributed by atoms with Gasteiger partial charge in [-0.1, -0.05) is 0 Å². The molecular formula is C12H17NO6. The first-order chi connectivity index (χ1) is 8.90. The fourth-order valence-corrected chi connectivity index (χ4v) is 1.70. The zero-order valence-corrected chi connectivity index (χ0v) is 11.0. The van der Waals surface area contributed by atoms with E-state index in [0.29, 0.717) is 0 Å². The van der Waals surface area contributed by atoms with E-state index >= 15 is 0 Å². The molecule has 1 aliphatic heterocycles. The average molecular weight is 271 g/mol. The van der Waals surface area contributed by atoms with Gasteiger partial charge in [0.1, 0.15) is 18.8 Å². The van der Waals surface area contributed by atoms with E-state index in [1.807, 2.05) is 0 Å². The number of hydrogen-bond acceptors (Lipinski definition) is 6. The lowest BCUT2D eigenvalue weighted by atomic mass is 10.0. The minimum absolute atomic E-state index is 0.0393. The van der Waals surface area contributed by atoms with Gasteiger partial charge in [-0.05, 0) is 6.08 Å². The van der Waals surface area contributed by atoms with E-state index in [2.05, 4.69) is 5.32 Å². The molecule has 7 heteroatoms. The summed E-state index contributed by atoms with van der Waals surface area (Å²) in [6.07, 6.45) is 1.62. The average Bonchev–Trinajstić information content (AvgIpc) is 2.28. The molecule has 1 N–H and O–H groups in total. The van der Waals surface area contributed by atoms with Gasteiger partial charge in [-0.15, -0.1) is 0 Å². The molecule has 0 aromatic carbocycles. The Hall–Kier alpha value is -2.05. The standard InChI is InChI=1S/C12H17NO6/c1-7(14)13-12-10(19-9(3)16)4-5-17-11(12)6-18-8(2)15/h4-5,10-12H,6H2,1-3H3,(H,13,14). The van der Waals surface area contributed by atoms with Crippen LogP contribution in [-0.4, -0.2) is 42.7 Å². The Morgan fingerprint density at radius 1 is 1.21 bits per heavy atom.